The van der Waals surface area contributed by atoms with Crippen LogP contribution in [-0.4, -0.2) is 20.1 Å². The minimum absolute atomic E-state index is 0.0946. The van der Waals surface area contributed by atoms with E-state index >= 15 is 0 Å². The molecule has 5 nitrogen and oxygen atoms in total. The molecule has 0 spiro atoms. The standard InChI is InChI=1S/C10H17NO4S/c1-7(2)5-11-16(13,14)10-4-9(6-12)15-8(10)3/h4,7,11-12H,5-6H2,1-3H3. The van der Waals surface area contributed by atoms with E-state index in [9.17, 15) is 8.42 Å². The number of hydrogen-bond acceptors (Lipinski definition) is 4. The Morgan fingerprint density at radius 2 is 2.12 bits per heavy atom. The van der Waals surface area contributed by atoms with Crippen molar-refractivity contribution in [1.29, 1.82) is 0 Å². The van der Waals surface area contributed by atoms with E-state index in [1.807, 2.05) is 13.8 Å². The van der Waals surface area contributed by atoms with Crippen LogP contribution < -0.4 is 4.72 Å². The summed E-state index contributed by atoms with van der Waals surface area (Å²) in [6.07, 6.45) is 0. The molecule has 0 unspecified atom stereocenters. The van der Waals surface area contributed by atoms with E-state index in [2.05, 4.69) is 4.72 Å². The molecule has 6 heteroatoms. The van der Waals surface area contributed by atoms with E-state index < -0.39 is 10.0 Å². The van der Waals surface area contributed by atoms with E-state index in [1.165, 1.54) is 6.07 Å². The number of hydrogen-bond donors (Lipinski definition) is 2. The maximum absolute atomic E-state index is 11.8. The van der Waals surface area contributed by atoms with Crippen LogP contribution in [0.5, 0.6) is 0 Å². The first kappa shape index (κ1) is 13.2. The van der Waals surface area contributed by atoms with Crippen LogP contribution >= 0.6 is 0 Å². The summed E-state index contributed by atoms with van der Waals surface area (Å²) in [5.74, 6) is 0.780. The maximum atomic E-state index is 11.8. The first-order chi connectivity index (χ1) is 7.36. The molecule has 92 valence electrons. The second-order valence-electron chi connectivity index (χ2n) is 4.04. The predicted octanol–water partition coefficient (Wildman–Crippen LogP) is 1.01. The number of aliphatic hydroxyl groups is 1. The Morgan fingerprint density at radius 1 is 1.50 bits per heavy atom. The van der Waals surface area contributed by atoms with Crippen LogP contribution in [0.1, 0.15) is 25.4 Å². The van der Waals surface area contributed by atoms with Crippen molar-refractivity contribution in [3.05, 3.63) is 17.6 Å². The minimum Gasteiger partial charge on any atom is -0.462 e. The molecule has 1 aromatic rings. The molecule has 0 aliphatic rings. The van der Waals surface area contributed by atoms with Gasteiger partial charge in [-0.15, -0.1) is 0 Å². The first-order valence-electron chi connectivity index (χ1n) is 5.06. The van der Waals surface area contributed by atoms with E-state index in [1.54, 1.807) is 6.92 Å². The van der Waals surface area contributed by atoms with Gasteiger partial charge in [-0.05, 0) is 12.8 Å². The summed E-state index contributed by atoms with van der Waals surface area (Å²) in [6.45, 7) is 5.47. The topological polar surface area (TPSA) is 79.5 Å². The third-order valence-corrected chi connectivity index (χ3v) is 3.58. The molecule has 0 aromatic carbocycles. The van der Waals surface area contributed by atoms with Crippen molar-refractivity contribution >= 4 is 10.0 Å². The lowest BCUT2D eigenvalue weighted by atomic mass is 10.2. The summed E-state index contributed by atoms with van der Waals surface area (Å²) in [4.78, 5) is 0.0946. The quantitative estimate of drug-likeness (QED) is 0.814. The Kier molecular flexibility index (Phi) is 4.12. The van der Waals surface area contributed by atoms with Gasteiger partial charge in [0.15, 0.2) is 0 Å². The molecule has 0 radical (unpaired) electrons. The number of nitrogens with one attached hydrogen (secondary N) is 1. The first-order valence-corrected chi connectivity index (χ1v) is 6.55. The van der Waals surface area contributed by atoms with Crippen LogP contribution in [0.15, 0.2) is 15.4 Å². The molecule has 1 aromatic heterocycles. The second-order valence-corrected chi connectivity index (χ2v) is 5.77. The van der Waals surface area contributed by atoms with Crippen LogP contribution in [0, 0.1) is 12.8 Å². The highest BCUT2D eigenvalue weighted by Crippen LogP contribution is 2.19. The lowest BCUT2D eigenvalue weighted by Crippen LogP contribution is -2.27. The van der Waals surface area contributed by atoms with Crippen LogP contribution in [-0.2, 0) is 16.6 Å². The SMILES string of the molecule is Cc1oc(CO)cc1S(=O)(=O)NCC(C)C. The highest BCUT2D eigenvalue weighted by molar-refractivity contribution is 7.89. The summed E-state index contributed by atoms with van der Waals surface area (Å²) >= 11 is 0. The molecule has 0 amide bonds. The molecule has 1 heterocycles. The van der Waals surface area contributed by atoms with E-state index in [4.69, 9.17) is 9.52 Å². The Balaban J connectivity index is 2.93. The predicted molar refractivity (Wildman–Crippen MR) is 59.4 cm³/mol. The summed E-state index contributed by atoms with van der Waals surface area (Å²) in [5, 5.41) is 8.85. The molecule has 0 fully saturated rings. The molecule has 0 atom stereocenters. The van der Waals surface area contributed by atoms with E-state index in [-0.39, 0.29) is 23.2 Å². The number of rotatable bonds is 5. The molecule has 16 heavy (non-hydrogen) atoms. The third-order valence-electron chi connectivity index (χ3n) is 2.05. The van der Waals surface area contributed by atoms with Crippen LogP contribution in [0.4, 0.5) is 0 Å². The molecule has 0 aliphatic heterocycles. The monoisotopic (exact) mass is 247 g/mol. The second kappa shape index (κ2) is 4.99. The molecule has 0 saturated heterocycles. The normalized spacial score (nSPS) is 12.3. The minimum atomic E-state index is -3.53. The zero-order chi connectivity index (χ0) is 12.3. The van der Waals surface area contributed by atoms with Gasteiger partial charge in [0.05, 0.1) is 0 Å². The molecule has 1 rings (SSSR count). The van der Waals surface area contributed by atoms with Gasteiger partial charge in [0.2, 0.25) is 10.0 Å². The van der Waals surface area contributed by atoms with E-state index in [0.29, 0.717) is 12.3 Å². The summed E-state index contributed by atoms with van der Waals surface area (Å²) in [7, 11) is -3.53. The molecular formula is C10H17NO4S. The van der Waals surface area contributed by atoms with Gasteiger partial charge in [0, 0.05) is 12.6 Å². The van der Waals surface area contributed by atoms with Crippen molar-refractivity contribution in [2.75, 3.05) is 6.54 Å². The maximum Gasteiger partial charge on any atom is 0.244 e. The van der Waals surface area contributed by atoms with Gasteiger partial charge < -0.3 is 9.52 Å². The fourth-order valence-electron chi connectivity index (χ4n) is 1.22. The summed E-state index contributed by atoms with van der Waals surface area (Å²) in [5.41, 5.74) is 0. The van der Waals surface area contributed by atoms with Gasteiger partial charge in [0.1, 0.15) is 23.0 Å². The lowest BCUT2D eigenvalue weighted by Gasteiger charge is -2.07. The van der Waals surface area contributed by atoms with Gasteiger partial charge in [0.25, 0.3) is 0 Å². The Bertz CT molecular complexity index is 447. The molecule has 0 aliphatic carbocycles. The molecule has 2 N–H and O–H groups in total. The van der Waals surface area contributed by atoms with E-state index in [0.717, 1.165) is 0 Å². The molecular weight excluding hydrogens is 230 g/mol. The van der Waals surface area contributed by atoms with Gasteiger partial charge in [-0.2, -0.15) is 0 Å². The number of furan rings is 1. The van der Waals surface area contributed by atoms with Crippen LogP contribution in [0.2, 0.25) is 0 Å². The lowest BCUT2D eigenvalue weighted by molar-refractivity contribution is 0.244. The van der Waals surface area contributed by atoms with Gasteiger partial charge >= 0.3 is 0 Å². The number of aliphatic hydroxyl groups excluding tert-OH is 1. The third kappa shape index (κ3) is 3.07. The fourth-order valence-corrected chi connectivity index (χ4v) is 2.64. The highest BCUT2D eigenvalue weighted by atomic mass is 32.2. The van der Waals surface area contributed by atoms with Crippen molar-refractivity contribution in [2.24, 2.45) is 5.92 Å². The van der Waals surface area contributed by atoms with Crippen molar-refractivity contribution in [3.8, 4) is 0 Å². The molecule has 0 saturated carbocycles. The van der Waals surface area contributed by atoms with Crippen LogP contribution in [0.25, 0.3) is 0 Å². The largest absolute Gasteiger partial charge is 0.462 e. The fraction of sp³-hybridized carbons (Fsp3) is 0.600. The van der Waals surface area contributed by atoms with Gasteiger partial charge in [-0.3, -0.25) is 0 Å². The Labute approximate surface area is 95.5 Å². The zero-order valence-electron chi connectivity index (χ0n) is 9.65. The molecule has 0 bridgehead atoms. The zero-order valence-corrected chi connectivity index (χ0v) is 10.5. The Hall–Kier alpha value is -0.850. The van der Waals surface area contributed by atoms with Crippen LogP contribution in [0.3, 0.4) is 0 Å². The summed E-state index contributed by atoms with van der Waals surface area (Å²) in [6, 6.07) is 1.35. The summed E-state index contributed by atoms with van der Waals surface area (Å²) < 4.78 is 31.2. The van der Waals surface area contributed by atoms with Crippen molar-refractivity contribution < 1.29 is 17.9 Å². The average molecular weight is 247 g/mol. The Morgan fingerprint density at radius 3 is 2.56 bits per heavy atom. The van der Waals surface area contributed by atoms with Crippen molar-refractivity contribution in [1.82, 2.24) is 4.72 Å². The van der Waals surface area contributed by atoms with Gasteiger partial charge in [-0.1, -0.05) is 13.8 Å². The smallest absolute Gasteiger partial charge is 0.244 e. The number of aryl methyl sites for hydroxylation is 1. The average Bonchev–Trinajstić information content (AvgIpc) is 2.57. The van der Waals surface area contributed by atoms with Gasteiger partial charge in [-0.25, -0.2) is 13.1 Å². The van der Waals surface area contributed by atoms with Crippen molar-refractivity contribution in [2.45, 2.75) is 32.3 Å². The number of sulfonamides is 1. The highest BCUT2D eigenvalue weighted by Gasteiger charge is 2.20. The van der Waals surface area contributed by atoms with Crippen molar-refractivity contribution in [3.63, 3.8) is 0 Å².